The second kappa shape index (κ2) is 4.63. The Labute approximate surface area is 98.4 Å². The van der Waals surface area contributed by atoms with Gasteiger partial charge in [-0.05, 0) is 6.07 Å². The van der Waals surface area contributed by atoms with Crippen molar-refractivity contribution in [2.45, 2.75) is 13.2 Å². The van der Waals surface area contributed by atoms with Crippen LogP contribution in [0.25, 0.3) is 10.8 Å². The summed E-state index contributed by atoms with van der Waals surface area (Å²) in [7, 11) is 1.56. The van der Waals surface area contributed by atoms with E-state index >= 15 is 0 Å². The number of nitrogens with zero attached hydrogens (tertiary/aromatic N) is 1. The van der Waals surface area contributed by atoms with Gasteiger partial charge in [0, 0.05) is 18.2 Å². The molecule has 0 saturated heterocycles. The SMILES string of the molecule is COCc1c2cccc(N)c2c(O)n1CCF. The van der Waals surface area contributed by atoms with E-state index in [0.29, 0.717) is 17.7 Å². The lowest BCUT2D eigenvalue weighted by Gasteiger charge is -2.07. The molecule has 1 heterocycles. The molecule has 0 fully saturated rings. The Balaban J connectivity index is 2.73. The van der Waals surface area contributed by atoms with Crippen LogP contribution in [0.5, 0.6) is 5.88 Å². The van der Waals surface area contributed by atoms with Gasteiger partial charge in [0.15, 0.2) is 0 Å². The number of nitrogen functional groups attached to an aromatic ring is 1. The molecular formula is C12H15FN2O2. The number of hydrogen-bond acceptors (Lipinski definition) is 3. The average Bonchev–Trinajstić information content (AvgIpc) is 2.57. The van der Waals surface area contributed by atoms with E-state index in [1.165, 1.54) is 4.57 Å². The Kier molecular flexibility index (Phi) is 3.19. The highest BCUT2D eigenvalue weighted by molar-refractivity contribution is 5.99. The Morgan fingerprint density at radius 2 is 2.24 bits per heavy atom. The second-order valence-corrected chi connectivity index (χ2v) is 3.81. The number of aromatic nitrogens is 1. The fourth-order valence-electron chi connectivity index (χ4n) is 2.09. The quantitative estimate of drug-likeness (QED) is 0.801. The highest BCUT2D eigenvalue weighted by Crippen LogP contribution is 2.35. The van der Waals surface area contributed by atoms with Gasteiger partial charge in [-0.3, -0.25) is 0 Å². The van der Waals surface area contributed by atoms with Gasteiger partial charge in [-0.15, -0.1) is 0 Å². The Hall–Kier alpha value is -1.75. The lowest BCUT2D eigenvalue weighted by atomic mass is 10.1. The highest BCUT2D eigenvalue weighted by Gasteiger charge is 2.17. The Morgan fingerprint density at radius 1 is 1.47 bits per heavy atom. The van der Waals surface area contributed by atoms with Gasteiger partial charge < -0.3 is 20.1 Å². The first-order chi connectivity index (χ1) is 8.20. The van der Waals surface area contributed by atoms with Gasteiger partial charge in [0.2, 0.25) is 5.88 Å². The van der Waals surface area contributed by atoms with Crippen LogP contribution in [-0.4, -0.2) is 23.5 Å². The van der Waals surface area contributed by atoms with E-state index in [1.807, 2.05) is 6.07 Å². The third-order valence-electron chi connectivity index (χ3n) is 2.80. The first-order valence-electron chi connectivity index (χ1n) is 5.34. The molecule has 0 amide bonds. The molecule has 0 spiro atoms. The number of halogens is 1. The van der Waals surface area contributed by atoms with Gasteiger partial charge >= 0.3 is 0 Å². The third kappa shape index (κ3) is 1.82. The van der Waals surface area contributed by atoms with Gasteiger partial charge in [0.1, 0.15) is 6.67 Å². The number of benzene rings is 1. The molecule has 2 aromatic rings. The van der Waals surface area contributed by atoms with Gasteiger partial charge in [-0.1, -0.05) is 12.1 Å². The van der Waals surface area contributed by atoms with Crippen LogP contribution in [0.4, 0.5) is 10.1 Å². The van der Waals surface area contributed by atoms with Crippen molar-refractivity contribution in [1.29, 1.82) is 0 Å². The lowest BCUT2D eigenvalue weighted by Crippen LogP contribution is -2.05. The Morgan fingerprint density at radius 3 is 2.88 bits per heavy atom. The van der Waals surface area contributed by atoms with E-state index in [2.05, 4.69) is 0 Å². The van der Waals surface area contributed by atoms with Crippen molar-refractivity contribution in [2.75, 3.05) is 19.5 Å². The number of nitrogens with two attached hydrogens (primary N) is 1. The van der Waals surface area contributed by atoms with Crippen molar-refractivity contribution in [3.8, 4) is 5.88 Å². The Bertz CT molecular complexity index is 537. The molecule has 0 aliphatic heterocycles. The molecule has 17 heavy (non-hydrogen) atoms. The molecular weight excluding hydrogens is 223 g/mol. The number of rotatable bonds is 4. The average molecular weight is 238 g/mol. The zero-order valence-corrected chi connectivity index (χ0v) is 9.61. The lowest BCUT2D eigenvalue weighted by molar-refractivity contribution is 0.177. The molecule has 2 rings (SSSR count). The van der Waals surface area contributed by atoms with Crippen LogP contribution in [-0.2, 0) is 17.9 Å². The van der Waals surface area contributed by atoms with Crippen LogP contribution in [0.1, 0.15) is 5.69 Å². The van der Waals surface area contributed by atoms with Crippen molar-refractivity contribution in [2.24, 2.45) is 0 Å². The van der Waals surface area contributed by atoms with Crippen LogP contribution in [0.3, 0.4) is 0 Å². The normalized spacial score (nSPS) is 11.2. The minimum Gasteiger partial charge on any atom is -0.494 e. The smallest absolute Gasteiger partial charge is 0.201 e. The highest BCUT2D eigenvalue weighted by atomic mass is 19.1. The molecule has 1 aromatic heterocycles. The summed E-state index contributed by atoms with van der Waals surface area (Å²) in [4.78, 5) is 0. The molecule has 0 aliphatic carbocycles. The van der Waals surface area contributed by atoms with Crippen LogP contribution in [0.15, 0.2) is 18.2 Å². The molecule has 0 atom stereocenters. The van der Waals surface area contributed by atoms with Gasteiger partial charge in [-0.25, -0.2) is 4.39 Å². The van der Waals surface area contributed by atoms with E-state index in [0.717, 1.165) is 11.1 Å². The maximum atomic E-state index is 12.5. The maximum absolute atomic E-state index is 12.5. The number of fused-ring (bicyclic) bond motifs is 1. The van der Waals surface area contributed by atoms with E-state index < -0.39 is 6.67 Å². The van der Waals surface area contributed by atoms with Crippen LogP contribution >= 0.6 is 0 Å². The molecule has 3 N–H and O–H groups in total. The second-order valence-electron chi connectivity index (χ2n) is 3.81. The summed E-state index contributed by atoms with van der Waals surface area (Å²) in [6.45, 7) is -0.148. The van der Waals surface area contributed by atoms with Crippen LogP contribution in [0.2, 0.25) is 0 Å². The third-order valence-corrected chi connectivity index (χ3v) is 2.80. The van der Waals surface area contributed by atoms with Crippen molar-refractivity contribution in [3.63, 3.8) is 0 Å². The topological polar surface area (TPSA) is 60.4 Å². The minimum atomic E-state index is -0.550. The molecule has 1 aromatic carbocycles. The molecule has 0 bridgehead atoms. The van der Waals surface area contributed by atoms with Crippen molar-refractivity contribution in [1.82, 2.24) is 4.57 Å². The number of hydrogen-bond donors (Lipinski definition) is 2. The summed E-state index contributed by atoms with van der Waals surface area (Å²) < 4.78 is 19.1. The zero-order valence-electron chi connectivity index (χ0n) is 9.61. The summed E-state index contributed by atoms with van der Waals surface area (Å²) >= 11 is 0. The summed E-state index contributed by atoms with van der Waals surface area (Å²) in [5.74, 6) is 0.00259. The number of methoxy groups -OCH3 is 1. The molecule has 0 radical (unpaired) electrons. The minimum absolute atomic E-state index is 0.00259. The van der Waals surface area contributed by atoms with Gasteiger partial charge in [-0.2, -0.15) is 0 Å². The van der Waals surface area contributed by atoms with Crippen LogP contribution < -0.4 is 5.73 Å². The summed E-state index contributed by atoms with van der Waals surface area (Å²) in [6, 6.07) is 5.35. The molecule has 0 saturated carbocycles. The molecule has 0 unspecified atom stereocenters. The zero-order chi connectivity index (χ0) is 12.4. The first kappa shape index (κ1) is 11.7. The van der Waals surface area contributed by atoms with Gasteiger partial charge in [0.05, 0.1) is 24.2 Å². The van der Waals surface area contributed by atoms with Gasteiger partial charge in [0.25, 0.3) is 0 Å². The molecule has 92 valence electrons. The predicted molar refractivity (Wildman–Crippen MR) is 64.7 cm³/mol. The fourth-order valence-corrected chi connectivity index (χ4v) is 2.09. The fraction of sp³-hybridized carbons (Fsp3) is 0.333. The van der Waals surface area contributed by atoms with E-state index in [4.69, 9.17) is 10.5 Å². The molecule has 5 heteroatoms. The maximum Gasteiger partial charge on any atom is 0.201 e. The largest absolute Gasteiger partial charge is 0.494 e. The first-order valence-corrected chi connectivity index (χ1v) is 5.34. The van der Waals surface area contributed by atoms with Crippen molar-refractivity contribution in [3.05, 3.63) is 23.9 Å². The molecule has 4 nitrogen and oxygen atoms in total. The van der Waals surface area contributed by atoms with E-state index in [1.54, 1.807) is 19.2 Å². The summed E-state index contributed by atoms with van der Waals surface area (Å²) in [6.07, 6.45) is 0. The standard InChI is InChI=1S/C12H15FN2O2/c1-17-7-10-8-3-2-4-9(14)11(8)12(16)15(10)6-5-13/h2-4,16H,5-7,14H2,1H3. The number of aromatic hydroxyl groups is 1. The van der Waals surface area contributed by atoms with Crippen molar-refractivity contribution < 1.29 is 14.2 Å². The van der Waals surface area contributed by atoms with E-state index in [-0.39, 0.29) is 12.4 Å². The van der Waals surface area contributed by atoms with E-state index in [9.17, 15) is 9.50 Å². The molecule has 0 aliphatic rings. The van der Waals surface area contributed by atoms with Crippen molar-refractivity contribution >= 4 is 16.5 Å². The number of ether oxygens (including phenoxy) is 1. The monoisotopic (exact) mass is 238 g/mol. The van der Waals surface area contributed by atoms with Crippen LogP contribution in [0, 0.1) is 0 Å². The summed E-state index contributed by atoms with van der Waals surface area (Å²) in [5, 5.41) is 11.4. The predicted octanol–water partition coefficient (Wildman–Crippen LogP) is 2.04. The number of alkyl halides is 1. The number of anilines is 1. The summed E-state index contributed by atoms with van der Waals surface area (Å²) in [5.41, 5.74) is 7.05.